The van der Waals surface area contributed by atoms with Crippen molar-refractivity contribution in [3.8, 4) is 0 Å². The minimum atomic E-state index is -1.06. The summed E-state index contributed by atoms with van der Waals surface area (Å²) in [5.41, 5.74) is 1.18. The molecule has 3 heteroatoms. The van der Waals surface area contributed by atoms with Gasteiger partial charge in [0.15, 0.2) is 14.8 Å². The van der Waals surface area contributed by atoms with Gasteiger partial charge in [0.2, 0.25) is 0 Å². The molecule has 0 aromatic carbocycles. The Morgan fingerprint density at radius 3 is 2.21 bits per heavy atom. The van der Waals surface area contributed by atoms with Crippen molar-refractivity contribution in [2.45, 2.75) is 40.8 Å². The van der Waals surface area contributed by atoms with Gasteiger partial charge in [0, 0.05) is 0 Å². The molecule has 0 atom stereocenters. The van der Waals surface area contributed by atoms with Crippen molar-refractivity contribution in [2.24, 2.45) is 5.41 Å². The summed E-state index contributed by atoms with van der Waals surface area (Å²) in [7, 11) is -1.06. The van der Waals surface area contributed by atoms with E-state index in [1.165, 1.54) is 0 Å². The number of ketones is 1. The molecule has 0 fully saturated rings. The molecule has 0 unspecified atom stereocenters. The van der Waals surface area contributed by atoms with Crippen LogP contribution in [0.2, 0.25) is 13.1 Å². The van der Waals surface area contributed by atoms with Crippen molar-refractivity contribution in [1.29, 1.82) is 0 Å². The number of carbonyl (C=O) groups excluding carboxylic acids is 1. The Balaban J connectivity index is 4.17. The van der Waals surface area contributed by atoms with Crippen LogP contribution in [0.15, 0.2) is 11.6 Å². The third-order valence-electron chi connectivity index (χ3n) is 2.12. The smallest absolute Gasteiger partial charge is 0.179 e. The SMILES string of the molecule is CC(=CC(=O)CO[SiH](C)C)C(C)(C)C. The van der Waals surface area contributed by atoms with E-state index in [2.05, 4.69) is 33.9 Å². The molecule has 0 saturated heterocycles. The first-order valence-electron chi connectivity index (χ1n) is 5.06. The zero-order chi connectivity index (χ0) is 11.4. The standard InChI is InChI=1S/C11H22O2Si/c1-9(11(2,3)4)7-10(12)8-13-14(5)6/h7,14H,8H2,1-6H3. The number of hydrogen-bond acceptors (Lipinski definition) is 2. The molecule has 0 aromatic rings. The van der Waals surface area contributed by atoms with Crippen molar-refractivity contribution in [3.63, 3.8) is 0 Å². The maximum Gasteiger partial charge on any atom is 0.179 e. The fourth-order valence-corrected chi connectivity index (χ4v) is 1.25. The third kappa shape index (κ3) is 6.10. The molecule has 0 aromatic heterocycles. The molecule has 0 spiro atoms. The average Bonchev–Trinajstić information content (AvgIpc) is 1.99. The predicted molar refractivity (Wildman–Crippen MR) is 63.0 cm³/mol. The minimum absolute atomic E-state index is 0.0743. The molecule has 0 saturated carbocycles. The van der Waals surface area contributed by atoms with E-state index in [9.17, 15) is 4.79 Å². The van der Waals surface area contributed by atoms with Crippen molar-refractivity contribution in [1.82, 2.24) is 0 Å². The molecule has 2 nitrogen and oxygen atoms in total. The zero-order valence-corrected chi connectivity index (χ0v) is 11.3. The van der Waals surface area contributed by atoms with Crippen molar-refractivity contribution < 1.29 is 9.22 Å². The summed E-state index contributed by atoms with van der Waals surface area (Å²) in [5, 5.41) is 0. The maximum atomic E-state index is 11.4. The van der Waals surface area contributed by atoms with Gasteiger partial charge in [-0.3, -0.25) is 4.79 Å². The highest BCUT2D eigenvalue weighted by molar-refractivity contribution is 6.48. The summed E-state index contributed by atoms with van der Waals surface area (Å²) in [5.74, 6) is 0.0821. The molecule has 0 aliphatic rings. The van der Waals surface area contributed by atoms with E-state index in [4.69, 9.17) is 4.43 Å². The largest absolute Gasteiger partial charge is 0.413 e. The Labute approximate surface area is 89.1 Å². The van der Waals surface area contributed by atoms with Gasteiger partial charge in [-0.1, -0.05) is 26.3 Å². The van der Waals surface area contributed by atoms with Crippen molar-refractivity contribution in [2.75, 3.05) is 6.61 Å². The second kappa shape index (κ2) is 5.46. The van der Waals surface area contributed by atoms with E-state index < -0.39 is 9.04 Å². The van der Waals surface area contributed by atoms with Crippen molar-refractivity contribution in [3.05, 3.63) is 11.6 Å². The van der Waals surface area contributed by atoms with Gasteiger partial charge in [-0.15, -0.1) is 0 Å². The number of rotatable bonds is 4. The van der Waals surface area contributed by atoms with Gasteiger partial charge in [0.1, 0.15) is 0 Å². The Bertz CT molecular complexity index is 224. The average molecular weight is 214 g/mol. The van der Waals surface area contributed by atoms with Crippen LogP contribution in [0.4, 0.5) is 0 Å². The number of hydrogen-bond donors (Lipinski definition) is 0. The minimum Gasteiger partial charge on any atom is -0.413 e. The van der Waals surface area contributed by atoms with E-state index >= 15 is 0 Å². The van der Waals surface area contributed by atoms with Gasteiger partial charge in [-0.05, 0) is 31.5 Å². The Morgan fingerprint density at radius 1 is 1.36 bits per heavy atom. The topological polar surface area (TPSA) is 26.3 Å². The first-order valence-corrected chi connectivity index (χ1v) is 7.84. The van der Waals surface area contributed by atoms with E-state index in [-0.39, 0.29) is 17.8 Å². The van der Waals surface area contributed by atoms with E-state index in [0.29, 0.717) is 0 Å². The lowest BCUT2D eigenvalue weighted by molar-refractivity contribution is -0.116. The van der Waals surface area contributed by atoms with Gasteiger partial charge >= 0.3 is 0 Å². The first kappa shape index (κ1) is 13.6. The first-order chi connectivity index (χ1) is 6.23. The second-order valence-corrected chi connectivity index (χ2v) is 7.33. The van der Waals surface area contributed by atoms with Crippen LogP contribution in [0.5, 0.6) is 0 Å². The van der Waals surface area contributed by atoms with Crippen LogP contribution < -0.4 is 0 Å². The summed E-state index contributed by atoms with van der Waals surface area (Å²) in [6, 6.07) is 0. The Hall–Kier alpha value is -0.413. The van der Waals surface area contributed by atoms with Crippen molar-refractivity contribution >= 4 is 14.8 Å². The zero-order valence-electron chi connectivity index (χ0n) is 10.2. The number of allylic oxidation sites excluding steroid dienone is 1. The normalized spacial score (nSPS) is 13.5. The lowest BCUT2D eigenvalue weighted by atomic mass is 9.87. The highest BCUT2D eigenvalue weighted by atomic mass is 28.3. The van der Waals surface area contributed by atoms with Crippen LogP contribution >= 0.6 is 0 Å². The Morgan fingerprint density at radius 2 is 1.86 bits per heavy atom. The Kier molecular flexibility index (Phi) is 5.30. The predicted octanol–water partition coefficient (Wildman–Crippen LogP) is 2.55. The van der Waals surface area contributed by atoms with Gasteiger partial charge < -0.3 is 4.43 Å². The molecule has 0 aliphatic heterocycles. The van der Waals surface area contributed by atoms with Gasteiger partial charge in [0.25, 0.3) is 0 Å². The van der Waals surface area contributed by atoms with Crippen LogP contribution in [0.3, 0.4) is 0 Å². The third-order valence-corrected chi connectivity index (χ3v) is 2.95. The molecule has 0 N–H and O–H groups in total. The van der Waals surface area contributed by atoms with Gasteiger partial charge in [0.05, 0.1) is 6.61 Å². The highest BCUT2D eigenvalue weighted by Crippen LogP contribution is 2.23. The summed E-state index contributed by atoms with van der Waals surface area (Å²) in [6.07, 6.45) is 1.71. The lowest BCUT2D eigenvalue weighted by Crippen LogP contribution is -2.16. The fraction of sp³-hybridized carbons (Fsp3) is 0.727. The quantitative estimate of drug-likeness (QED) is 0.531. The van der Waals surface area contributed by atoms with Crippen LogP contribution in [0, 0.1) is 5.41 Å². The molecule has 0 bridgehead atoms. The van der Waals surface area contributed by atoms with E-state index in [1.54, 1.807) is 6.08 Å². The van der Waals surface area contributed by atoms with Crippen LogP contribution in [-0.4, -0.2) is 21.4 Å². The monoisotopic (exact) mass is 214 g/mol. The maximum absolute atomic E-state index is 11.4. The fourth-order valence-electron chi connectivity index (χ4n) is 0.748. The molecular formula is C11H22O2Si. The second-order valence-electron chi connectivity index (χ2n) is 4.90. The molecule has 82 valence electrons. The summed E-state index contributed by atoms with van der Waals surface area (Å²) in [6.45, 7) is 12.7. The summed E-state index contributed by atoms with van der Waals surface area (Å²) in [4.78, 5) is 11.4. The van der Waals surface area contributed by atoms with Crippen LogP contribution in [0.25, 0.3) is 0 Å². The molecule has 0 rings (SSSR count). The molecular weight excluding hydrogens is 192 g/mol. The van der Waals surface area contributed by atoms with E-state index in [1.807, 2.05) is 6.92 Å². The molecule has 0 radical (unpaired) electrons. The summed E-state index contributed by atoms with van der Waals surface area (Å²) >= 11 is 0. The highest BCUT2D eigenvalue weighted by Gasteiger charge is 2.13. The molecule has 0 aliphatic carbocycles. The molecule has 0 heterocycles. The van der Waals surface area contributed by atoms with Crippen LogP contribution in [0.1, 0.15) is 27.7 Å². The lowest BCUT2D eigenvalue weighted by Gasteiger charge is -2.19. The summed E-state index contributed by atoms with van der Waals surface area (Å²) < 4.78 is 5.36. The van der Waals surface area contributed by atoms with E-state index in [0.717, 1.165) is 5.57 Å². The number of carbonyl (C=O) groups is 1. The molecule has 0 amide bonds. The van der Waals surface area contributed by atoms with Gasteiger partial charge in [-0.2, -0.15) is 0 Å². The van der Waals surface area contributed by atoms with Gasteiger partial charge in [-0.25, -0.2) is 0 Å². The molecule has 14 heavy (non-hydrogen) atoms. The van der Waals surface area contributed by atoms with Crippen LogP contribution in [-0.2, 0) is 9.22 Å².